The van der Waals surface area contributed by atoms with Crippen LogP contribution in [0.4, 0.5) is 5.69 Å². The molecule has 0 aliphatic heterocycles. The molecule has 178 valence electrons. The van der Waals surface area contributed by atoms with Gasteiger partial charge in [-0.05, 0) is 42.7 Å². The van der Waals surface area contributed by atoms with Crippen molar-refractivity contribution in [1.82, 2.24) is 20.1 Å². The first kappa shape index (κ1) is 25.5. The van der Waals surface area contributed by atoms with Crippen LogP contribution in [0, 0.1) is 12.8 Å². The Kier molecular flexibility index (Phi) is 8.90. The van der Waals surface area contributed by atoms with Crippen molar-refractivity contribution < 1.29 is 9.59 Å². The van der Waals surface area contributed by atoms with Gasteiger partial charge in [0.15, 0.2) is 11.0 Å². The van der Waals surface area contributed by atoms with Crippen molar-refractivity contribution in [2.75, 3.05) is 11.1 Å². The van der Waals surface area contributed by atoms with E-state index in [2.05, 4.69) is 27.4 Å². The summed E-state index contributed by atoms with van der Waals surface area (Å²) in [6.07, 6.45) is 1.74. The van der Waals surface area contributed by atoms with E-state index in [1.54, 1.807) is 24.3 Å². The lowest BCUT2D eigenvalue weighted by Crippen LogP contribution is -2.33. The van der Waals surface area contributed by atoms with Gasteiger partial charge in [-0.3, -0.25) is 9.59 Å². The van der Waals surface area contributed by atoms with Crippen molar-refractivity contribution >= 4 is 40.9 Å². The first-order valence-corrected chi connectivity index (χ1v) is 12.2. The number of carbonyl (C=O) groups excluding carboxylic acids is 2. The number of anilines is 1. The molecular formula is C25H28ClN5O2S. The van der Waals surface area contributed by atoms with Gasteiger partial charge in [0.05, 0.1) is 11.8 Å². The zero-order valence-electron chi connectivity index (χ0n) is 19.4. The topological polar surface area (TPSA) is 88.9 Å². The summed E-state index contributed by atoms with van der Waals surface area (Å²) >= 11 is 7.41. The molecule has 1 aromatic heterocycles. The molecular weight excluding hydrogens is 470 g/mol. The van der Waals surface area contributed by atoms with Crippen LogP contribution < -0.4 is 10.6 Å². The van der Waals surface area contributed by atoms with Crippen LogP contribution in [0.15, 0.2) is 66.3 Å². The number of aryl methyl sites for hydroxylation is 1. The smallest absolute Gasteiger partial charge is 0.251 e. The Morgan fingerprint density at radius 1 is 1.18 bits per heavy atom. The number of amides is 2. The summed E-state index contributed by atoms with van der Waals surface area (Å²) in [6.45, 7) is 10.2. The fraction of sp³-hybridized carbons (Fsp3) is 0.280. The minimum atomic E-state index is -0.363. The van der Waals surface area contributed by atoms with E-state index in [1.807, 2.05) is 55.7 Å². The number of aromatic nitrogens is 3. The van der Waals surface area contributed by atoms with Crippen LogP contribution in [-0.2, 0) is 11.3 Å². The monoisotopic (exact) mass is 497 g/mol. The van der Waals surface area contributed by atoms with Crippen LogP contribution in [-0.4, -0.2) is 32.3 Å². The lowest BCUT2D eigenvalue weighted by Gasteiger charge is -2.22. The molecule has 0 radical (unpaired) electrons. The maximum Gasteiger partial charge on any atom is 0.251 e. The quantitative estimate of drug-likeness (QED) is 0.293. The number of halogens is 1. The molecule has 2 amide bonds. The van der Waals surface area contributed by atoms with Gasteiger partial charge in [-0.25, -0.2) is 0 Å². The van der Waals surface area contributed by atoms with E-state index >= 15 is 0 Å². The molecule has 9 heteroatoms. The molecule has 0 aliphatic rings. The minimum absolute atomic E-state index is 0.0628. The van der Waals surface area contributed by atoms with Crippen molar-refractivity contribution in [2.24, 2.45) is 5.92 Å². The molecule has 0 saturated heterocycles. The summed E-state index contributed by atoms with van der Waals surface area (Å²) in [4.78, 5) is 25.3. The molecule has 3 rings (SSSR count). The fourth-order valence-electron chi connectivity index (χ4n) is 3.28. The highest BCUT2D eigenvalue weighted by atomic mass is 35.5. The lowest BCUT2D eigenvalue weighted by atomic mass is 10.0. The highest BCUT2D eigenvalue weighted by molar-refractivity contribution is 7.99. The number of hydrogen-bond acceptors (Lipinski definition) is 5. The van der Waals surface area contributed by atoms with Crippen LogP contribution in [0.25, 0.3) is 0 Å². The third-order valence-corrected chi connectivity index (χ3v) is 6.49. The first-order chi connectivity index (χ1) is 16.3. The van der Waals surface area contributed by atoms with E-state index in [9.17, 15) is 9.59 Å². The van der Waals surface area contributed by atoms with Crippen LogP contribution >= 0.6 is 23.4 Å². The third kappa shape index (κ3) is 6.48. The zero-order valence-corrected chi connectivity index (χ0v) is 21.0. The standard InChI is InChI=1S/C25H28ClN5O2S/c1-5-13-31-23(22(16(2)3)28-24(33)18-9-7-6-8-10-18)29-30-25(31)34-15-21(32)27-19-12-11-17(4)20(26)14-19/h5-12,14,16,22H,1,13,15H2,2-4H3,(H,27,32)(H,28,33)/t22-/m0/s1. The van der Waals surface area contributed by atoms with Gasteiger partial charge < -0.3 is 15.2 Å². The van der Waals surface area contributed by atoms with E-state index in [0.29, 0.717) is 33.8 Å². The Hall–Kier alpha value is -3.10. The van der Waals surface area contributed by atoms with E-state index in [0.717, 1.165) is 5.56 Å². The SMILES string of the molecule is C=CCn1c(SCC(=O)Nc2ccc(C)c(Cl)c2)nnc1[C@@H](NC(=O)c1ccccc1)C(C)C. The highest BCUT2D eigenvalue weighted by Gasteiger charge is 2.26. The second-order valence-corrected chi connectivity index (χ2v) is 9.45. The van der Waals surface area contributed by atoms with Gasteiger partial charge in [-0.15, -0.1) is 16.8 Å². The van der Waals surface area contributed by atoms with Gasteiger partial charge in [0, 0.05) is 22.8 Å². The maximum atomic E-state index is 12.8. The summed E-state index contributed by atoms with van der Waals surface area (Å²) in [6, 6.07) is 14.1. The Labute approximate surface area is 209 Å². The van der Waals surface area contributed by atoms with Crippen LogP contribution in [0.5, 0.6) is 0 Å². The molecule has 3 aromatic rings. The Morgan fingerprint density at radius 2 is 1.91 bits per heavy atom. The normalized spacial score (nSPS) is 11.8. The van der Waals surface area contributed by atoms with Crippen molar-refractivity contribution in [1.29, 1.82) is 0 Å². The van der Waals surface area contributed by atoms with Crippen molar-refractivity contribution in [3.05, 3.63) is 83.2 Å². The Morgan fingerprint density at radius 3 is 2.56 bits per heavy atom. The summed E-state index contributed by atoms with van der Waals surface area (Å²) in [5, 5.41) is 15.8. The molecule has 0 bridgehead atoms. The van der Waals surface area contributed by atoms with E-state index < -0.39 is 0 Å². The summed E-state index contributed by atoms with van der Waals surface area (Å²) in [7, 11) is 0. The molecule has 7 nitrogen and oxygen atoms in total. The van der Waals surface area contributed by atoms with Crippen molar-refractivity contribution in [3.8, 4) is 0 Å². The number of thioether (sulfide) groups is 1. The first-order valence-electron chi connectivity index (χ1n) is 10.9. The highest BCUT2D eigenvalue weighted by Crippen LogP contribution is 2.26. The number of benzene rings is 2. The molecule has 0 fully saturated rings. The molecule has 2 aromatic carbocycles. The van der Waals surface area contributed by atoms with E-state index in [4.69, 9.17) is 11.6 Å². The maximum absolute atomic E-state index is 12.8. The number of hydrogen-bond donors (Lipinski definition) is 2. The lowest BCUT2D eigenvalue weighted by molar-refractivity contribution is -0.113. The predicted molar refractivity (Wildman–Crippen MR) is 137 cm³/mol. The fourth-order valence-corrected chi connectivity index (χ4v) is 4.21. The zero-order chi connectivity index (χ0) is 24.7. The van der Waals surface area contributed by atoms with Gasteiger partial charge in [0.25, 0.3) is 5.91 Å². The van der Waals surface area contributed by atoms with Crippen LogP contribution in [0.1, 0.15) is 41.6 Å². The van der Waals surface area contributed by atoms with Gasteiger partial charge in [0.2, 0.25) is 5.91 Å². The molecule has 2 N–H and O–H groups in total. The summed E-state index contributed by atoms with van der Waals surface area (Å²) < 4.78 is 1.88. The van der Waals surface area contributed by atoms with Crippen LogP contribution in [0.3, 0.4) is 0 Å². The largest absolute Gasteiger partial charge is 0.342 e. The van der Waals surface area contributed by atoms with Gasteiger partial charge in [-0.1, -0.05) is 67.6 Å². The average molecular weight is 498 g/mol. The van der Waals surface area contributed by atoms with Crippen molar-refractivity contribution in [2.45, 2.75) is 38.5 Å². The predicted octanol–water partition coefficient (Wildman–Crippen LogP) is 5.28. The minimum Gasteiger partial charge on any atom is -0.342 e. The number of nitrogens with one attached hydrogen (secondary N) is 2. The number of rotatable bonds is 10. The molecule has 0 unspecified atom stereocenters. The number of nitrogens with zero attached hydrogens (tertiary/aromatic N) is 3. The van der Waals surface area contributed by atoms with Gasteiger partial charge >= 0.3 is 0 Å². The molecule has 34 heavy (non-hydrogen) atoms. The second kappa shape index (κ2) is 11.9. The third-order valence-electron chi connectivity index (χ3n) is 5.11. The number of carbonyl (C=O) groups is 2. The Balaban J connectivity index is 1.74. The van der Waals surface area contributed by atoms with Gasteiger partial charge in [-0.2, -0.15) is 0 Å². The number of allylic oxidation sites excluding steroid dienone is 1. The average Bonchev–Trinajstić information content (AvgIpc) is 3.21. The molecule has 0 aliphatic carbocycles. The van der Waals surface area contributed by atoms with Gasteiger partial charge in [0.1, 0.15) is 0 Å². The molecule has 1 atom stereocenters. The Bertz CT molecular complexity index is 1160. The van der Waals surface area contributed by atoms with E-state index in [-0.39, 0.29) is 29.5 Å². The summed E-state index contributed by atoms with van der Waals surface area (Å²) in [5.41, 5.74) is 2.15. The van der Waals surface area contributed by atoms with Crippen LogP contribution in [0.2, 0.25) is 5.02 Å². The summed E-state index contributed by atoms with van der Waals surface area (Å²) in [5.74, 6) is 0.458. The molecule has 0 spiro atoms. The second-order valence-electron chi connectivity index (χ2n) is 8.10. The molecule has 1 heterocycles. The van der Waals surface area contributed by atoms with Crippen molar-refractivity contribution in [3.63, 3.8) is 0 Å². The van der Waals surface area contributed by atoms with E-state index in [1.165, 1.54) is 11.8 Å². The molecule has 0 saturated carbocycles.